The zero-order chi connectivity index (χ0) is 15.1. The quantitative estimate of drug-likeness (QED) is 0.732. The van der Waals surface area contributed by atoms with Crippen LogP contribution in [0.25, 0.3) is 0 Å². The lowest BCUT2D eigenvalue weighted by molar-refractivity contribution is -0.151. The zero-order valence-electron chi connectivity index (χ0n) is 13.4. The van der Waals surface area contributed by atoms with Gasteiger partial charge in [-0.15, -0.1) is 0 Å². The first-order valence-corrected chi connectivity index (χ1v) is 9.30. The Morgan fingerprint density at radius 1 is 1.29 bits per heavy atom. The molecule has 1 heterocycles. The van der Waals surface area contributed by atoms with E-state index < -0.39 is 5.54 Å². The van der Waals surface area contributed by atoms with Crippen LogP contribution >= 0.6 is 11.8 Å². The van der Waals surface area contributed by atoms with E-state index in [9.17, 15) is 4.79 Å². The van der Waals surface area contributed by atoms with Crippen molar-refractivity contribution in [3.63, 3.8) is 0 Å². The van der Waals surface area contributed by atoms with Gasteiger partial charge in [0.2, 0.25) is 0 Å². The third-order valence-electron chi connectivity index (χ3n) is 4.40. The van der Waals surface area contributed by atoms with Crippen LogP contribution in [0.1, 0.15) is 52.4 Å². The zero-order valence-corrected chi connectivity index (χ0v) is 14.2. The summed E-state index contributed by atoms with van der Waals surface area (Å²) in [5.74, 6) is -0.0477. The Morgan fingerprint density at radius 2 is 2.05 bits per heavy atom. The van der Waals surface area contributed by atoms with E-state index in [1.165, 1.54) is 0 Å². The van der Waals surface area contributed by atoms with Crippen molar-refractivity contribution in [2.45, 2.75) is 68.4 Å². The molecule has 2 unspecified atom stereocenters. The van der Waals surface area contributed by atoms with E-state index in [0.717, 1.165) is 58.3 Å². The molecule has 0 spiro atoms. The standard InChI is InChI=1S/C16H29NO3S/c1-3-9-17-16(15(18)20-4-2)8-5-14(12-16)21-13-6-10-19-11-7-13/h13-14,17H,3-12H2,1-2H3. The Bertz CT molecular complexity index is 333. The summed E-state index contributed by atoms with van der Waals surface area (Å²) in [6.07, 6.45) is 6.27. The van der Waals surface area contributed by atoms with Crippen molar-refractivity contribution in [3.05, 3.63) is 0 Å². The monoisotopic (exact) mass is 315 g/mol. The maximum absolute atomic E-state index is 12.4. The van der Waals surface area contributed by atoms with Gasteiger partial charge in [0, 0.05) is 23.7 Å². The van der Waals surface area contributed by atoms with Gasteiger partial charge in [-0.2, -0.15) is 11.8 Å². The first-order chi connectivity index (χ1) is 10.2. The summed E-state index contributed by atoms with van der Waals surface area (Å²) in [4.78, 5) is 12.4. The van der Waals surface area contributed by atoms with Crippen LogP contribution in [-0.4, -0.2) is 48.4 Å². The van der Waals surface area contributed by atoms with Crippen LogP contribution in [0.5, 0.6) is 0 Å². The highest BCUT2D eigenvalue weighted by molar-refractivity contribution is 8.00. The maximum Gasteiger partial charge on any atom is 0.326 e. The molecular formula is C16H29NO3S. The SMILES string of the molecule is CCCNC1(C(=O)OCC)CCC(SC2CCOCC2)C1. The predicted octanol–water partition coefficient (Wildman–Crippen LogP) is 2.75. The van der Waals surface area contributed by atoms with Gasteiger partial charge in [-0.3, -0.25) is 4.79 Å². The van der Waals surface area contributed by atoms with E-state index in [1.54, 1.807) is 0 Å². The van der Waals surface area contributed by atoms with Gasteiger partial charge >= 0.3 is 5.97 Å². The van der Waals surface area contributed by atoms with Crippen LogP contribution in [0.2, 0.25) is 0 Å². The van der Waals surface area contributed by atoms with Crippen molar-refractivity contribution in [2.75, 3.05) is 26.4 Å². The third-order valence-corrected chi connectivity index (χ3v) is 6.05. The second kappa shape index (κ2) is 8.39. The van der Waals surface area contributed by atoms with Crippen molar-refractivity contribution >= 4 is 17.7 Å². The van der Waals surface area contributed by atoms with Crippen molar-refractivity contribution in [3.8, 4) is 0 Å². The lowest BCUT2D eigenvalue weighted by Gasteiger charge is -2.29. The van der Waals surface area contributed by atoms with Crippen molar-refractivity contribution < 1.29 is 14.3 Å². The Hall–Kier alpha value is -0.260. The number of thioether (sulfide) groups is 1. The highest BCUT2D eigenvalue weighted by Crippen LogP contribution is 2.41. The molecule has 0 aromatic heterocycles. The molecule has 122 valence electrons. The summed E-state index contributed by atoms with van der Waals surface area (Å²) < 4.78 is 10.8. The maximum atomic E-state index is 12.4. The lowest BCUT2D eigenvalue weighted by Crippen LogP contribution is -2.51. The molecule has 4 nitrogen and oxygen atoms in total. The number of ether oxygens (including phenoxy) is 2. The number of carbonyl (C=O) groups excluding carboxylic acids is 1. The molecule has 2 atom stereocenters. The molecule has 2 rings (SSSR count). The molecule has 0 amide bonds. The Balaban J connectivity index is 1.91. The number of rotatable bonds is 7. The van der Waals surface area contributed by atoms with E-state index in [-0.39, 0.29) is 5.97 Å². The minimum Gasteiger partial charge on any atom is -0.465 e. The molecule has 1 aliphatic heterocycles. The summed E-state index contributed by atoms with van der Waals surface area (Å²) in [6, 6.07) is 0. The minimum atomic E-state index is -0.436. The molecule has 5 heteroatoms. The molecule has 2 fully saturated rings. The molecule has 21 heavy (non-hydrogen) atoms. The second-order valence-corrected chi connectivity index (χ2v) is 7.65. The fraction of sp³-hybridized carbons (Fsp3) is 0.938. The number of hydrogen-bond donors (Lipinski definition) is 1. The van der Waals surface area contributed by atoms with Crippen molar-refractivity contribution in [2.24, 2.45) is 0 Å². The fourth-order valence-electron chi connectivity index (χ4n) is 3.25. The molecule has 1 N–H and O–H groups in total. The number of hydrogen-bond acceptors (Lipinski definition) is 5. The Kier molecular flexibility index (Phi) is 6.83. The summed E-state index contributed by atoms with van der Waals surface area (Å²) in [5, 5.41) is 4.76. The van der Waals surface area contributed by atoms with E-state index in [2.05, 4.69) is 24.0 Å². The Labute approximate surface area is 132 Å². The smallest absolute Gasteiger partial charge is 0.326 e. The first-order valence-electron chi connectivity index (χ1n) is 8.35. The van der Waals surface area contributed by atoms with E-state index in [0.29, 0.717) is 17.1 Å². The van der Waals surface area contributed by atoms with E-state index >= 15 is 0 Å². The van der Waals surface area contributed by atoms with Crippen LogP contribution < -0.4 is 5.32 Å². The highest BCUT2D eigenvalue weighted by atomic mass is 32.2. The van der Waals surface area contributed by atoms with Crippen molar-refractivity contribution in [1.29, 1.82) is 0 Å². The van der Waals surface area contributed by atoms with E-state index in [1.807, 2.05) is 6.92 Å². The van der Waals surface area contributed by atoms with Crippen LogP contribution in [0.3, 0.4) is 0 Å². The Morgan fingerprint density at radius 3 is 2.71 bits per heavy atom. The van der Waals surface area contributed by atoms with Gasteiger partial charge in [-0.05, 0) is 52.0 Å². The van der Waals surface area contributed by atoms with Gasteiger partial charge < -0.3 is 14.8 Å². The average molecular weight is 315 g/mol. The van der Waals surface area contributed by atoms with Crippen LogP contribution in [0.15, 0.2) is 0 Å². The number of nitrogens with one attached hydrogen (secondary N) is 1. The number of esters is 1. The van der Waals surface area contributed by atoms with Gasteiger partial charge in [0.05, 0.1) is 6.61 Å². The minimum absolute atomic E-state index is 0.0477. The summed E-state index contributed by atoms with van der Waals surface area (Å²) in [7, 11) is 0. The van der Waals surface area contributed by atoms with Crippen LogP contribution in [0.4, 0.5) is 0 Å². The van der Waals surface area contributed by atoms with Gasteiger partial charge in [0.1, 0.15) is 5.54 Å². The lowest BCUT2D eigenvalue weighted by atomic mass is 9.97. The molecule has 0 radical (unpaired) electrons. The molecule has 1 saturated heterocycles. The summed E-state index contributed by atoms with van der Waals surface area (Å²) in [5.41, 5.74) is -0.436. The third kappa shape index (κ3) is 4.60. The summed E-state index contributed by atoms with van der Waals surface area (Å²) in [6.45, 7) is 7.15. The molecule has 0 aromatic carbocycles. The largest absolute Gasteiger partial charge is 0.465 e. The van der Waals surface area contributed by atoms with Gasteiger partial charge in [-0.25, -0.2) is 0 Å². The topological polar surface area (TPSA) is 47.6 Å². The molecule has 1 saturated carbocycles. The molecular weight excluding hydrogens is 286 g/mol. The van der Waals surface area contributed by atoms with Gasteiger partial charge in [0.25, 0.3) is 0 Å². The molecule has 1 aliphatic carbocycles. The summed E-state index contributed by atoms with van der Waals surface area (Å²) >= 11 is 2.07. The van der Waals surface area contributed by atoms with Crippen LogP contribution in [0, 0.1) is 0 Å². The van der Waals surface area contributed by atoms with E-state index in [4.69, 9.17) is 9.47 Å². The molecule has 2 aliphatic rings. The average Bonchev–Trinajstić information content (AvgIpc) is 2.91. The first kappa shape index (κ1) is 17.1. The number of carbonyl (C=O) groups is 1. The fourth-order valence-corrected chi connectivity index (χ4v) is 4.90. The highest BCUT2D eigenvalue weighted by Gasteiger charge is 2.46. The van der Waals surface area contributed by atoms with Gasteiger partial charge in [0.15, 0.2) is 0 Å². The molecule has 0 bridgehead atoms. The van der Waals surface area contributed by atoms with Crippen molar-refractivity contribution in [1.82, 2.24) is 5.32 Å². The second-order valence-electron chi connectivity index (χ2n) is 6.04. The van der Waals surface area contributed by atoms with Crippen LogP contribution in [-0.2, 0) is 14.3 Å². The predicted molar refractivity (Wildman–Crippen MR) is 86.7 cm³/mol. The normalized spacial score (nSPS) is 30.5. The van der Waals surface area contributed by atoms with Gasteiger partial charge in [-0.1, -0.05) is 6.92 Å². The molecule has 0 aromatic rings.